The van der Waals surface area contributed by atoms with Gasteiger partial charge >= 0.3 is 0 Å². The summed E-state index contributed by atoms with van der Waals surface area (Å²) in [5.41, 5.74) is 2.62. The van der Waals surface area contributed by atoms with E-state index in [9.17, 15) is 9.59 Å². The third kappa shape index (κ3) is 4.38. The Morgan fingerprint density at radius 3 is 2.80 bits per heavy atom. The number of aryl methyl sites for hydroxylation is 1. The van der Waals surface area contributed by atoms with Gasteiger partial charge in [-0.1, -0.05) is 18.2 Å². The van der Waals surface area contributed by atoms with Crippen LogP contribution in [0.25, 0.3) is 0 Å². The zero-order valence-corrected chi connectivity index (χ0v) is 14.3. The van der Waals surface area contributed by atoms with Gasteiger partial charge in [0.05, 0.1) is 7.11 Å². The molecule has 3 rings (SSSR count). The molecule has 0 bridgehead atoms. The third-order valence-corrected chi connectivity index (χ3v) is 4.29. The molecule has 1 fully saturated rings. The topological polar surface area (TPSA) is 58.6 Å². The predicted molar refractivity (Wildman–Crippen MR) is 98.0 cm³/mol. The number of hydrogen-bond acceptors (Lipinski definition) is 3. The highest BCUT2D eigenvalue weighted by Gasteiger charge is 2.21. The maximum Gasteiger partial charge on any atom is 0.227 e. The van der Waals surface area contributed by atoms with Gasteiger partial charge in [-0.3, -0.25) is 9.59 Å². The van der Waals surface area contributed by atoms with Crippen LogP contribution in [-0.2, 0) is 16.0 Å². The second-order valence-electron chi connectivity index (χ2n) is 6.10. The van der Waals surface area contributed by atoms with Crippen molar-refractivity contribution >= 4 is 23.2 Å². The zero-order valence-electron chi connectivity index (χ0n) is 14.3. The fourth-order valence-electron chi connectivity index (χ4n) is 2.98. The minimum atomic E-state index is -0.0484. The predicted octanol–water partition coefficient (Wildman–Crippen LogP) is 3.39. The van der Waals surface area contributed by atoms with Crippen molar-refractivity contribution < 1.29 is 14.3 Å². The Morgan fingerprint density at radius 2 is 2.04 bits per heavy atom. The molecule has 2 aromatic rings. The number of anilines is 2. The first kappa shape index (κ1) is 17.0. The molecule has 5 nitrogen and oxygen atoms in total. The first-order chi connectivity index (χ1) is 12.2. The van der Waals surface area contributed by atoms with Gasteiger partial charge in [0.1, 0.15) is 5.75 Å². The number of carbonyl (C=O) groups is 2. The number of amides is 2. The Morgan fingerprint density at radius 1 is 1.20 bits per heavy atom. The molecule has 130 valence electrons. The summed E-state index contributed by atoms with van der Waals surface area (Å²) < 4.78 is 5.20. The molecule has 0 unspecified atom stereocenters. The molecule has 0 radical (unpaired) electrons. The van der Waals surface area contributed by atoms with Crippen LogP contribution in [-0.4, -0.2) is 25.5 Å². The SMILES string of the molecule is COc1cccc(CCC(=O)Nc2cccc(N3CCCC3=O)c2)c1. The van der Waals surface area contributed by atoms with Crippen molar-refractivity contribution in [2.75, 3.05) is 23.9 Å². The number of rotatable bonds is 6. The minimum absolute atomic E-state index is 0.0484. The van der Waals surface area contributed by atoms with E-state index in [0.29, 0.717) is 24.9 Å². The maximum absolute atomic E-state index is 12.2. The van der Waals surface area contributed by atoms with Crippen LogP contribution in [0.15, 0.2) is 48.5 Å². The van der Waals surface area contributed by atoms with E-state index in [1.807, 2.05) is 48.5 Å². The molecule has 0 saturated carbocycles. The number of ether oxygens (including phenoxy) is 1. The number of carbonyl (C=O) groups excluding carboxylic acids is 2. The zero-order chi connectivity index (χ0) is 17.6. The summed E-state index contributed by atoms with van der Waals surface area (Å²) in [4.78, 5) is 25.8. The first-order valence-electron chi connectivity index (χ1n) is 8.49. The van der Waals surface area contributed by atoms with Crippen LogP contribution >= 0.6 is 0 Å². The van der Waals surface area contributed by atoms with E-state index in [0.717, 1.165) is 30.0 Å². The number of benzene rings is 2. The number of methoxy groups -OCH3 is 1. The molecule has 2 aromatic carbocycles. The fourth-order valence-corrected chi connectivity index (χ4v) is 2.98. The molecular formula is C20H22N2O3. The Hall–Kier alpha value is -2.82. The average Bonchev–Trinajstić information content (AvgIpc) is 3.06. The Kier molecular flexibility index (Phi) is 5.33. The van der Waals surface area contributed by atoms with Gasteiger partial charge in [-0.25, -0.2) is 0 Å². The molecule has 1 saturated heterocycles. The van der Waals surface area contributed by atoms with Crippen LogP contribution < -0.4 is 15.0 Å². The molecule has 5 heteroatoms. The second-order valence-corrected chi connectivity index (χ2v) is 6.10. The van der Waals surface area contributed by atoms with Crippen molar-refractivity contribution in [3.8, 4) is 5.75 Å². The molecule has 0 aliphatic carbocycles. The molecule has 0 spiro atoms. The Bertz CT molecular complexity index is 773. The van der Waals surface area contributed by atoms with Gasteiger partial charge in [0.25, 0.3) is 0 Å². The smallest absolute Gasteiger partial charge is 0.227 e. The summed E-state index contributed by atoms with van der Waals surface area (Å²) in [5.74, 6) is 0.884. The van der Waals surface area contributed by atoms with Crippen LogP contribution in [0.5, 0.6) is 5.75 Å². The number of nitrogens with one attached hydrogen (secondary N) is 1. The van der Waals surface area contributed by atoms with Crippen molar-refractivity contribution in [1.29, 1.82) is 0 Å². The standard InChI is InChI=1S/C20H22N2O3/c1-25-18-8-2-5-15(13-18)10-11-19(23)21-16-6-3-7-17(14-16)22-12-4-9-20(22)24/h2-3,5-8,13-14H,4,9-12H2,1H3,(H,21,23). The number of nitrogens with zero attached hydrogens (tertiary/aromatic N) is 1. The summed E-state index contributed by atoms with van der Waals surface area (Å²) in [6.07, 6.45) is 2.51. The molecular weight excluding hydrogens is 316 g/mol. The molecule has 0 atom stereocenters. The van der Waals surface area contributed by atoms with Gasteiger partial charge in [0.15, 0.2) is 0 Å². The lowest BCUT2D eigenvalue weighted by atomic mass is 10.1. The van der Waals surface area contributed by atoms with Crippen LogP contribution in [0, 0.1) is 0 Å². The summed E-state index contributed by atoms with van der Waals surface area (Å²) >= 11 is 0. The molecule has 1 aliphatic heterocycles. The van der Waals surface area contributed by atoms with Crippen LogP contribution in [0.2, 0.25) is 0 Å². The monoisotopic (exact) mass is 338 g/mol. The lowest BCUT2D eigenvalue weighted by Crippen LogP contribution is -2.23. The lowest BCUT2D eigenvalue weighted by Gasteiger charge is -2.16. The molecule has 25 heavy (non-hydrogen) atoms. The largest absolute Gasteiger partial charge is 0.497 e. The highest BCUT2D eigenvalue weighted by molar-refractivity contribution is 5.97. The molecule has 1 heterocycles. The van der Waals surface area contributed by atoms with E-state index in [1.165, 1.54) is 0 Å². The van der Waals surface area contributed by atoms with Gasteiger partial charge in [-0.15, -0.1) is 0 Å². The Labute approximate surface area is 147 Å². The van der Waals surface area contributed by atoms with E-state index in [-0.39, 0.29) is 11.8 Å². The van der Waals surface area contributed by atoms with Gasteiger partial charge in [-0.2, -0.15) is 0 Å². The highest BCUT2D eigenvalue weighted by atomic mass is 16.5. The molecule has 0 aromatic heterocycles. The van der Waals surface area contributed by atoms with Gasteiger partial charge in [-0.05, 0) is 48.7 Å². The van der Waals surface area contributed by atoms with Gasteiger partial charge < -0.3 is 15.0 Å². The highest BCUT2D eigenvalue weighted by Crippen LogP contribution is 2.24. The fraction of sp³-hybridized carbons (Fsp3) is 0.300. The molecule has 2 amide bonds. The van der Waals surface area contributed by atoms with Crippen molar-refractivity contribution in [2.45, 2.75) is 25.7 Å². The van der Waals surface area contributed by atoms with Crippen molar-refractivity contribution in [2.24, 2.45) is 0 Å². The van der Waals surface area contributed by atoms with Crippen molar-refractivity contribution in [1.82, 2.24) is 0 Å². The lowest BCUT2D eigenvalue weighted by molar-refractivity contribution is -0.117. The summed E-state index contributed by atoms with van der Waals surface area (Å²) in [5, 5.41) is 2.91. The average molecular weight is 338 g/mol. The number of hydrogen-bond donors (Lipinski definition) is 1. The van der Waals surface area contributed by atoms with E-state index >= 15 is 0 Å². The van der Waals surface area contributed by atoms with Crippen molar-refractivity contribution in [3.05, 3.63) is 54.1 Å². The van der Waals surface area contributed by atoms with E-state index in [2.05, 4.69) is 5.32 Å². The molecule has 1 aliphatic rings. The van der Waals surface area contributed by atoms with Gasteiger partial charge in [0, 0.05) is 30.8 Å². The van der Waals surface area contributed by atoms with Gasteiger partial charge in [0.2, 0.25) is 11.8 Å². The quantitative estimate of drug-likeness (QED) is 0.878. The summed E-state index contributed by atoms with van der Waals surface area (Å²) in [6, 6.07) is 15.2. The van der Waals surface area contributed by atoms with E-state index in [1.54, 1.807) is 12.0 Å². The van der Waals surface area contributed by atoms with Crippen LogP contribution in [0.1, 0.15) is 24.8 Å². The van der Waals surface area contributed by atoms with Crippen molar-refractivity contribution in [3.63, 3.8) is 0 Å². The Balaban J connectivity index is 1.58. The normalized spacial score (nSPS) is 13.8. The van der Waals surface area contributed by atoms with E-state index < -0.39 is 0 Å². The second kappa shape index (κ2) is 7.83. The third-order valence-electron chi connectivity index (χ3n) is 4.29. The first-order valence-corrected chi connectivity index (χ1v) is 8.49. The van der Waals surface area contributed by atoms with E-state index in [4.69, 9.17) is 4.74 Å². The van der Waals surface area contributed by atoms with Crippen LogP contribution in [0.3, 0.4) is 0 Å². The minimum Gasteiger partial charge on any atom is -0.497 e. The maximum atomic E-state index is 12.2. The van der Waals surface area contributed by atoms with Crippen LogP contribution in [0.4, 0.5) is 11.4 Å². The summed E-state index contributed by atoms with van der Waals surface area (Å²) in [7, 11) is 1.63. The summed E-state index contributed by atoms with van der Waals surface area (Å²) in [6.45, 7) is 0.742. The molecule has 1 N–H and O–H groups in total.